The number of hydrogen-bond acceptors (Lipinski definition) is 8. The molecule has 0 bridgehead atoms. The smallest absolute Gasteiger partial charge is 0.416 e. The number of rotatable bonds is 8. The maximum atomic E-state index is 12.9. The van der Waals surface area contributed by atoms with E-state index in [2.05, 4.69) is 10.5 Å². The Bertz CT molecular complexity index is 886. The van der Waals surface area contributed by atoms with Gasteiger partial charge in [0.05, 0.1) is 17.6 Å². The molecular weight excluding hydrogens is 435 g/mol. The van der Waals surface area contributed by atoms with Crippen LogP contribution < -0.4 is 11.4 Å². The molecule has 1 aromatic heterocycles. The van der Waals surface area contributed by atoms with Crippen LogP contribution in [0.25, 0.3) is 0 Å². The molecule has 0 aliphatic carbocycles. The standard InChI is InChI=1S/C19H22F3N5O3S/c1-27(26-24)18(23)31-11-15(16(28)13-5-3-7-25-9-13)17(29)30-10-12-4-2-6-14(8-12)19(20,21)22/h2-9,15-16,23,26,28H,10-11,24H2,1H3. The highest BCUT2D eigenvalue weighted by molar-refractivity contribution is 8.13. The number of aromatic nitrogens is 1. The lowest BCUT2D eigenvalue weighted by atomic mass is 9.99. The maximum absolute atomic E-state index is 12.9. The Kier molecular flexibility index (Phi) is 8.80. The first-order chi connectivity index (χ1) is 14.6. The molecule has 2 rings (SSSR count). The van der Waals surface area contributed by atoms with E-state index in [0.29, 0.717) is 5.56 Å². The molecule has 0 saturated carbocycles. The van der Waals surface area contributed by atoms with Crippen LogP contribution >= 0.6 is 11.8 Å². The van der Waals surface area contributed by atoms with Gasteiger partial charge >= 0.3 is 12.1 Å². The number of nitrogens with two attached hydrogens (primary N) is 1. The Morgan fingerprint density at radius 1 is 1.39 bits per heavy atom. The summed E-state index contributed by atoms with van der Waals surface area (Å²) in [6, 6.07) is 7.61. The number of thioether (sulfide) groups is 1. The van der Waals surface area contributed by atoms with Crippen LogP contribution in [0.3, 0.4) is 0 Å². The van der Waals surface area contributed by atoms with Gasteiger partial charge < -0.3 is 9.84 Å². The summed E-state index contributed by atoms with van der Waals surface area (Å²) < 4.78 is 43.8. The van der Waals surface area contributed by atoms with Crippen molar-refractivity contribution in [3.05, 3.63) is 65.5 Å². The van der Waals surface area contributed by atoms with Crippen LogP contribution in [0.1, 0.15) is 22.8 Å². The molecule has 12 heteroatoms. The van der Waals surface area contributed by atoms with Gasteiger partial charge in [0.25, 0.3) is 0 Å². The third kappa shape index (κ3) is 7.21. The first-order valence-corrected chi connectivity index (χ1v) is 9.94. The predicted molar refractivity (Wildman–Crippen MR) is 109 cm³/mol. The van der Waals surface area contributed by atoms with Gasteiger partial charge in [0.15, 0.2) is 5.17 Å². The number of carbonyl (C=O) groups excluding carboxylic acids is 1. The lowest BCUT2D eigenvalue weighted by molar-refractivity contribution is -0.153. The van der Waals surface area contributed by atoms with E-state index < -0.39 is 36.3 Å². The minimum Gasteiger partial charge on any atom is -0.460 e. The number of nitrogens with one attached hydrogen (secondary N) is 2. The number of halogens is 3. The van der Waals surface area contributed by atoms with Crippen molar-refractivity contribution >= 4 is 22.9 Å². The summed E-state index contributed by atoms with van der Waals surface area (Å²) in [6.45, 7) is -0.397. The van der Waals surface area contributed by atoms with Crippen molar-refractivity contribution in [1.29, 1.82) is 5.41 Å². The summed E-state index contributed by atoms with van der Waals surface area (Å²) in [5.41, 5.74) is 1.92. The largest absolute Gasteiger partial charge is 0.460 e. The van der Waals surface area contributed by atoms with Crippen LogP contribution in [-0.2, 0) is 22.3 Å². The van der Waals surface area contributed by atoms with Gasteiger partial charge in [-0.1, -0.05) is 30.0 Å². The van der Waals surface area contributed by atoms with E-state index in [-0.39, 0.29) is 16.5 Å². The van der Waals surface area contributed by atoms with Crippen LogP contribution in [0.15, 0.2) is 48.8 Å². The van der Waals surface area contributed by atoms with E-state index in [4.69, 9.17) is 16.0 Å². The van der Waals surface area contributed by atoms with Gasteiger partial charge in [0.2, 0.25) is 0 Å². The number of alkyl halides is 3. The van der Waals surface area contributed by atoms with E-state index in [1.165, 1.54) is 36.6 Å². The van der Waals surface area contributed by atoms with E-state index >= 15 is 0 Å². The zero-order valence-electron chi connectivity index (χ0n) is 16.5. The molecule has 31 heavy (non-hydrogen) atoms. The van der Waals surface area contributed by atoms with Crippen molar-refractivity contribution in [2.75, 3.05) is 12.8 Å². The minimum atomic E-state index is -4.51. The van der Waals surface area contributed by atoms with Crippen molar-refractivity contribution in [2.45, 2.75) is 18.9 Å². The van der Waals surface area contributed by atoms with E-state index in [0.717, 1.165) is 23.9 Å². The summed E-state index contributed by atoms with van der Waals surface area (Å²) in [5, 5.41) is 19.8. The Labute approximate surface area is 181 Å². The van der Waals surface area contributed by atoms with Gasteiger partial charge in [-0.05, 0) is 29.3 Å². The summed E-state index contributed by atoms with van der Waals surface area (Å²) in [4.78, 5) is 16.6. The number of esters is 1. The monoisotopic (exact) mass is 457 g/mol. The molecule has 0 aliphatic heterocycles. The Morgan fingerprint density at radius 2 is 2.13 bits per heavy atom. The highest BCUT2D eigenvalue weighted by Gasteiger charge is 2.32. The number of aliphatic hydroxyl groups is 1. The average molecular weight is 457 g/mol. The molecule has 0 aliphatic rings. The van der Waals surface area contributed by atoms with Gasteiger partial charge in [-0.25, -0.2) is 0 Å². The molecule has 0 saturated heterocycles. The molecule has 0 amide bonds. The predicted octanol–water partition coefficient (Wildman–Crippen LogP) is 2.47. The molecule has 2 atom stereocenters. The number of carbonyl (C=O) groups is 1. The maximum Gasteiger partial charge on any atom is 0.416 e. The number of ether oxygens (including phenoxy) is 1. The van der Waals surface area contributed by atoms with Gasteiger partial charge in [-0.3, -0.25) is 26.0 Å². The summed E-state index contributed by atoms with van der Waals surface area (Å²) in [7, 11) is 1.49. The van der Waals surface area contributed by atoms with Crippen molar-refractivity contribution in [1.82, 2.24) is 15.5 Å². The molecule has 168 valence electrons. The molecule has 0 fully saturated rings. The van der Waals surface area contributed by atoms with Crippen molar-refractivity contribution in [2.24, 2.45) is 11.8 Å². The van der Waals surface area contributed by atoms with E-state index in [1.54, 1.807) is 12.1 Å². The highest BCUT2D eigenvalue weighted by Crippen LogP contribution is 2.30. The molecule has 2 unspecified atom stereocenters. The quantitative estimate of drug-likeness (QED) is 0.157. The second-order valence-corrected chi connectivity index (χ2v) is 7.46. The fourth-order valence-corrected chi connectivity index (χ4v) is 3.40. The zero-order valence-corrected chi connectivity index (χ0v) is 17.3. The molecule has 0 radical (unpaired) electrons. The first-order valence-electron chi connectivity index (χ1n) is 8.95. The first kappa shape index (κ1) is 24.6. The number of pyridine rings is 1. The number of benzene rings is 1. The lowest BCUT2D eigenvalue weighted by Crippen LogP contribution is -2.42. The van der Waals surface area contributed by atoms with Crippen molar-refractivity contribution in [3.8, 4) is 0 Å². The van der Waals surface area contributed by atoms with Crippen LogP contribution in [0, 0.1) is 11.3 Å². The minimum absolute atomic E-state index is 0.0171. The topological polar surface area (TPSA) is 125 Å². The van der Waals surface area contributed by atoms with E-state index in [1.807, 2.05) is 0 Å². The summed E-state index contributed by atoms with van der Waals surface area (Å²) >= 11 is 0.933. The molecule has 1 aromatic carbocycles. The Balaban J connectivity index is 2.13. The Morgan fingerprint density at radius 3 is 2.74 bits per heavy atom. The second kappa shape index (κ2) is 11.1. The third-order valence-corrected chi connectivity index (χ3v) is 5.32. The molecule has 8 nitrogen and oxygen atoms in total. The number of aliphatic hydroxyl groups excluding tert-OH is 1. The SMILES string of the molecule is CN(NN)C(=N)SCC(C(=O)OCc1cccc(C(F)(F)F)c1)C(O)c1cccnc1. The van der Waals surface area contributed by atoms with Crippen molar-refractivity contribution < 1.29 is 27.8 Å². The summed E-state index contributed by atoms with van der Waals surface area (Å²) in [6.07, 6.45) is -2.91. The number of hydrogen-bond donors (Lipinski definition) is 4. The lowest BCUT2D eigenvalue weighted by Gasteiger charge is -2.23. The number of amidine groups is 1. The molecule has 1 heterocycles. The number of nitrogens with zero attached hydrogens (tertiary/aromatic N) is 2. The van der Waals surface area contributed by atoms with Crippen LogP contribution in [-0.4, -0.2) is 39.0 Å². The zero-order chi connectivity index (χ0) is 23.0. The fourth-order valence-electron chi connectivity index (χ4n) is 2.49. The molecular formula is C19H22F3N5O3S. The van der Waals surface area contributed by atoms with Gasteiger partial charge in [-0.2, -0.15) is 18.7 Å². The van der Waals surface area contributed by atoms with Crippen LogP contribution in [0.5, 0.6) is 0 Å². The van der Waals surface area contributed by atoms with E-state index in [9.17, 15) is 23.1 Å². The fraction of sp³-hybridized carbons (Fsp3) is 0.316. The van der Waals surface area contributed by atoms with Gasteiger partial charge in [-0.15, -0.1) is 0 Å². The molecule has 2 aromatic rings. The third-order valence-electron chi connectivity index (χ3n) is 4.24. The van der Waals surface area contributed by atoms with Gasteiger partial charge in [0.1, 0.15) is 6.61 Å². The average Bonchev–Trinajstić information content (AvgIpc) is 2.77. The Hall–Kier alpha value is -2.67. The summed E-state index contributed by atoms with van der Waals surface area (Å²) in [5.74, 6) is 3.27. The molecule has 5 N–H and O–H groups in total. The normalized spacial score (nSPS) is 13.4. The van der Waals surface area contributed by atoms with Crippen LogP contribution in [0.4, 0.5) is 13.2 Å². The molecule has 0 spiro atoms. The highest BCUT2D eigenvalue weighted by atomic mass is 32.2. The van der Waals surface area contributed by atoms with Crippen LogP contribution in [0.2, 0.25) is 0 Å². The van der Waals surface area contributed by atoms with Gasteiger partial charge in [0, 0.05) is 25.2 Å². The van der Waals surface area contributed by atoms with Crippen molar-refractivity contribution in [3.63, 3.8) is 0 Å². The second-order valence-electron chi connectivity index (χ2n) is 6.45. The number of hydrazine groups is 2.